The number of methoxy groups -OCH3 is 2. The number of nitrogens with zero attached hydrogens (tertiary/aromatic N) is 3. The van der Waals surface area contributed by atoms with Crippen molar-refractivity contribution in [3.8, 4) is 17.2 Å². The number of para-hydroxylation sites is 2. The minimum Gasteiger partial charge on any atom is -0.497 e. The van der Waals surface area contributed by atoms with E-state index in [2.05, 4.69) is 15.5 Å². The highest BCUT2D eigenvalue weighted by Crippen LogP contribution is 2.32. The molecule has 1 heterocycles. The first-order chi connectivity index (χ1) is 14.0. The number of amides is 1. The molecule has 0 spiro atoms. The van der Waals surface area contributed by atoms with E-state index in [1.807, 2.05) is 66.9 Å². The Kier molecular flexibility index (Phi) is 6.77. The normalized spacial score (nSPS) is 11.9. The second-order valence-electron chi connectivity index (χ2n) is 6.66. The van der Waals surface area contributed by atoms with Crippen molar-refractivity contribution in [2.45, 2.75) is 24.3 Å². The molecule has 0 saturated carbocycles. The molecule has 3 aromatic rings. The van der Waals surface area contributed by atoms with Crippen LogP contribution in [0.1, 0.15) is 13.8 Å². The van der Waals surface area contributed by atoms with Crippen LogP contribution in [0.2, 0.25) is 0 Å². The van der Waals surface area contributed by atoms with Crippen LogP contribution >= 0.6 is 11.8 Å². The number of hydrogen-bond acceptors (Lipinski definition) is 6. The summed E-state index contributed by atoms with van der Waals surface area (Å²) in [5.74, 6) is 1.44. The fourth-order valence-corrected chi connectivity index (χ4v) is 3.81. The summed E-state index contributed by atoms with van der Waals surface area (Å²) in [5.41, 5.74) is 1.54. The third-order valence-electron chi connectivity index (χ3n) is 4.32. The Bertz CT molecular complexity index is 957. The lowest BCUT2D eigenvalue weighted by molar-refractivity contribution is -0.116. The van der Waals surface area contributed by atoms with Crippen LogP contribution in [0.3, 0.4) is 0 Å². The number of anilines is 1. The SMILES string of the molecule is COc1ccc(NC(=O)C(Sc2nncn2-c2ccccc2OC)C(C)C)cc1. The average Bonchev–Trinajstić information content (AvgIpc) is 3.20. The van der Waals surface area contributed by atoms with Gasteiger partial charge in [-0.1, -0.05) is 37.7 Å². The van der Waals surface area contributed by atoms with E-state index in [9.17, 15) is 4.79 Å². The van der Waals surface area contributed by atoms with E-state index in [0.717, 1.165) is 11.4 Å². The second-order valence-corrected chi connectivity index (χ2v) is 7.76. The molecule has 3 rings (SSSR count). The summed E-state index contributed by atoms with van der Waals surface area (Å²) in [7, 11) is 3.23. The summed E-state index contributed by atoms with van der Waals surface area (Å²) in [6.07, 6.45) is 1.62. The van der Waals surface area contributed by atoms with E-state index >= 15 is 0 Å². The minimum absolute atomic E-state index is 0.0843. The number of aromatic nitrogens is 3. The van der Waals surface area contributed by atoms with Gasteiger partial charge in [0.2, 0.25) is 5.91 Å². The zero-order valence-electron chi connectivity index (χ0n) is 16.8. The number of benzene rings is 2. The van der Waals surface area contributed by atoms with Gasteiger partial charge >= 0.3 is 0 Å². The predicted molar refractivity (Wildman–Crippen MR) is 114 cm³/mol. The van der Waals surface area contributed by atoms with Crippen molar-refractivity contribution in [3.63, 3.8) is 0 Å². The Morgan fingerprint density at radius 2 is 1.79 bits per heavy atom. The first-order valence-corrected chi connectivity index (χ1v) is 10.1. The quantitative estimate of drug-likeness (QED) is 0.563. The standard InChI is InChI=1S/C21H24N4O3S/c1-14(2)19(20(26)23-15-9-11-16(27-3)12-10-15)29-21-24-22-13-25(21)17-7-5-6-8-18(17)28-4/h5-14,19H,1-4H3,(H,23,26). The van der Waals surface area contributed by atoms with E-state index < -0.39 is 0 Å². The summed E-state index contributed by atoms with van der Waals surface area (Å²) in [6, 6.07) is 14.9. The van der Waals surface area contributed by atoms with E-state index in [-0.39, 0.29) is 17.1 Å². The Labute approximate surface area is 174 Å². The molecule has 2 aromatic carbocycles. The highest BCUT2D eigenvalue weighted by molar-refractivity contribution is 8.00. The Hall–Kier alpha value is -3.00. The summed E-state index contributed by atoms with van der Waals surface area (Å²) in [6.45, 7) is 4.02. The predicted octanol–water partition coefficient (Wildman–Crippen LogP) is 4.04. The van der Waals surface area contributed by atoms with Gasteiger partial charge in [-0.05, 0) is 42.3 Å². The summed E-state index contributed by atoms with van der Waals surface area (Å²) >= 11 is 1.38. The third-order valence-corrected chi connectivity index (χ3v) is 5.82. The van der Waals surface area contributed by atoms with Crippen molar-refractivity contribution >= 4 is 23.4 Å². The van der Waals surface area contributed by atoms with Gasteiger partial charge < -0.3 is 14.8 Å². The number of carbonyl (C=O) groups excluding carboxylic acids is 1. The number of carbonyl (C=O) groups is 1. The molecule has 0 fully saturated rings. The molecule has 0 bridgehead atoms. The van der Waals surface area contributed by atoms with Crippen molar-refractivity contribution in [1.82, 2.24) is 14.8 Å². The zero-order chi connectivity index (χ0) is 20.8. The summed E-state index contributed by atoms with van der Waals surface area (Å²) in [5, 5.41) is 11.5. The van der Waals surface area contributed by atoms with Crippen LogP contribution in [-0.2, 0) is 4.79 Å². The average molecular weight is 413 g/mol. The second kappa shape index (κ2) is 9.47. The molecular weight excluding hydrogens is 388 g/mol. The van der Waals surface area contributed by atoms with Crippen LogP contribution in [0, 0.1) is 5.92 Å². The molecule has 0 saturated heterocycles. The van der Waals surface area contributed by atoms with Crippen LogP contribution < -0.4 is 14.8 Å². The smallest absolute Gasteiger partial charge is 0.238 e. The molecule has 0 aliphatic carbocycles. The molecular formula is C21H24N4O3S. The highest BCUT2D eigenvalue weighted by atomic mass is 32.2. The minimum atomic E-state index is -0.352. The number of ether oxygens (including phenoxy) is 2. The number of thioether (sulfide) groups is 1. The highest BCUT2D eigenvalue weighted by Gasteiger charge is 2.26. The van der Waals surface area contributed by atoms with Gasteiger partial charge in [-0.3, -0.25) is 9.36 Å². The lowest BCUT2D eigenvalue weighted by Crippen LogP contribution is -2.30. The molecule has 152 valence electrons. The number of hydrogen-bond donors (Lipinski definition) is 1. The van der Waals surface area contributed by atoms with Crippen molar-refractivity contribution in [3.05, 3.63) is 54.9 Å². The maximum atomic E-state index is 13.0. The molecule has 0 aliphatic rings. The molecule has 0 aliphatic heterocycles. The van der Waals surface area contributed by atoms with Crippen LogP contribution in [0.5, 0.6) is 11.5 Å². The van der Waals surface area contributed by atoms with E-state index in [1.54, 1.807) is 20.5 Å². The van der Waals surface area contributed by atoms with E-state index in [4.69, 9.17) is 9.47 Å². The lowest BCUT2D eigenvalue weighted by atomic mass is 10.1. The van der Waals surface area contributed by atoms with Gasteiger partial charge in [0.25, 0.3) is 0 Å². The van der Waals surface area contributed by atoms with Crippen molar-refractivity contribution in [2.24, 2.45) is 5.92 Å². The fraction of sp³-hybridized carbons (Fsp3) is 0.286. The molecule has 1 amide bonds. The Balaban J connectivity index is 1.81. The van der Waals surface area contributed by atoms with Gasteiger partial charge in [0.1, 0.15) is 17.8 Å². The van der Waals surface area contributed by atoms with Gasteiger partial charge in [-0.2, -0.15) is 0 Å². The third kappa shape index (κ3) is 4.89. The summed E-state index contributed by atoms with van der Waals surface area (Å²) < 4.78 is 12.4. The maximum Gasteiger partial charge on any atom is 0.238 e. The molecule has 29 heavy (non-hydrogen) atoms. The number of nitrogens with one attached hydrogen (secondary N) is 1. The van der Waals surface area contributed by atoms with Gasteiger partial charge in [-0.25, -0.2) is 0 Å². The van der Waals surface area contributed by atoms with E-state index in [0.29, 0.717) is 16.6 Å². The van der Waals surface area contributed by atoms with Crippen molar-refractivity contribution in [1.29, 1.82) is 0 Å². The van der Waals surface area contributed by atoms with Crippen LogP contribution in [-0.4, -0.2) is 40.1 Å². The van der Waals surface area contributed by atoms with Crippen molar-refractivity contribution in [2.75, 3.05) is 19.5 Å². The van der Waals surface area contributed by atoms with Crippen LogP contribution in [0.25, 0.3) is 5.69 Å². The molecule has 1 atom stereocenters. The molecule has 1 N–H and O–H groups in total. The Morgan fingerprint density at radius 1 is 1.07 bits per heavy atom. The maximum absolute atomic E-state index is 13.0. The van der Waals surface area contributed by atoms with E-state index in [1.165, 1.54) is 11.8 Å². The van der Waals surface area contributed by atoms with Gasteiger partial charge in [0.05, 0.1) is 25.2 Å². The van der Waals surface area contributed by atoms with Crippen molar-refractivity contribution < 1.29 is 14.3 Å². The first kappa shape index (κ1) is 20.7. The molecule has 7 nitrogen and oxygen atoms in total. The summed E-state index contributed by atoms with van der Waals surface area (Å²) in [4.78, 5) is 13.0. The lowest BCUT2D eigenvalue weighted by Gasteiger charge is -2.20. The first-order valence-electron chi connectivity index (χ1n) is 9.18. The van der Waals surface area contributed by atoms with Crippen LogP contribution in [0.4, 0.5) is 5.69 Å². The van der Waals surface area contributed by atoms with Gasteiger partial charge in [0.15, 0.2) is 5.16 Å². The molecule has 1 aromatic heterocycles. The zero-order valence-corrected chi connectivity index (χ0v) is 17.6. The van der Waals surface area contributed by atoms with Gasteiger partial charge in [0, 0.05) is 5.69 Å². The van der Waals surface area contributed by atoms with Crippen LogP contribution in [0.15, 0.2) is 60.0 Å². The van der Waals surface area contributed by atoms with Gasteiger partial charge in [-0.15, -0.1) is 10.2 Å². The fourth-order valence-electron chi connectivity index (χ4n) is 2.79. The molecule has 1 unspecified atom stereocenters. The molecule has 0 radical (unpaired) electrons. The monoisotopic (exact) mass is 412 g/mol. The Morgan fingerprint density at radius 3 is 2.45 bits per heavy atom. The number of rotatable bonds is 8. The topological polar surface area (TPSA) is 78.3 Å². The largest absolute Gasteiger partial charge is 0.497 e. The molecule has 8 heteroatoms.